The van der Waals surface area contributed by atoms with Crippen molar-refractivity contribution in [2.24, 2.45) is 0 Å². The maximum absolute atomic E-state index is 12.3. The average Bonchev–Trinajstić information content (AvgIpc) is 3.17. The molecule has 0 N–H and O–H groups in total. The molecular weight excluding hydrogens is 422 g/mol. The topological polar surface area (TPSA) is 68.5 Å². The standard InChI is InChI=1S/C21H22BrN3O3/c1-15-3-5-16(6-4-15)21-24-23-19(28-21)11-12-20(26)25(2)13-14-27-18-9-7-17(22)8-10-18/h3-10H,11-14H2,1-2H3. The number of nitrogens with zero attached hydrogens (tertiary/aromatic N) is 3. The number of benzene rings is 2. The monoisotopic (exact) mass is 443 g/mol. The van der Waals surface area contributed by atoms with Gasteiger partial charge in [-0.3, -0.25) is 4.79 Å². The molecule has 1 aromatic heterocycles. The molecule has 0 aliphatic heterocycles. The van der Waals surface area contributed by atoms with Crippen molar-refractivity contribution < 1.29 is 13.9 Å². The first kappa shape index (κ1) is 20.1. The van der Waals surface area contributed by atoms with E-state index in [0.29, 0.717) is 37.8 Å². The molecule has 6 nitrogen and oxygen atoms in total. The van der Waals surface area contributed by atoms with E-state index in [1.165, 1.54) is 5.56 Å². The van der Waals surface area contributed by atoms with E-state index in [-0.39, 0.29) is 5.91 Å². The van der Waals surface area contributed by atoms with Crippen molar-refractivity contribution in [3.05, 3.63) is 64.5 Å². The van der Waals surface area contributed by atoms with Crippen molar-refractivity contribution in [3.8, 4) is 17.2 Å². The fraction of sp³-hybridized carbons (Fsp3) is 0.286. The van der Waals surface area contributed by atoms with E-state index >= 15 is 0 Å². The van der Waals surface area contributed by atoms with Crippen LogP contribution in [-0.2, 0) is 11.2 Å². The van der Waals surface area contributed by atoms with Gasteiger partial charge in [0.25, 0.3) is 0 Å². The SMILES string of the molecule is Cc1ccc(-c2nnc(CCC(=O)N(C)CCOc3ccc(Br)cc3)o2)cc1. The van der Waals surface area contributed by atoms with Crippen LogP contribution in [0.2, 0.25) is 0 Å². The quantitative estimate of drug-likeness (QED) is 0.519. The minimum atomic E-state index is 0.00879. The van der Waals surface area contributed by atoms with Crippen LogP contribution in [0, 0.1) is 6.92 Å². The zero-order valence-corrected chi connectivity index (χ0v) is 17.5. The Bertz CT molecular complexity index is 907. The first-order chi connectivity index (χ1) is 13.5. The Morgan fingerprint density at radius 2 is 1.82 bits per heavy atom. The molecule has 3 rings (SSSR count). The van der Waals surface area contributed by atoms with Crippen molar-refractivity contribution in [3.63, 3.8) is 0 Å². The molecule has 0 saturated carbocycles. The number of hydrogen-bond donors (Lipinski definition) is 0. The van der Waals surface area contributed by atoms with E-state index in [4.69, 9.17) is 9.15 Å². The van der Waals surface area contributed by atoms with Crippen LogP contribution in [0.5, 0.6) is 5.75 Å². The van der Waals surface area contributed by atoms with Crippen molar-refractivity contribution >= 4 is 21.8 Å². The largest absolute Gasteiger partial charge is 0.492 e. The van der Waals surface area contributed by atoms with Gasteiger partial charge in [-0.15, -0.1) is 10.2 Å². The Hall–Kier alpha value is -2.67. The Morgan fingerprint density at radius 1 is 1.11 bits per heavy atom. The normalized spacial score (nSPS) is 10.7. The molecule has 0 bridgehead atoms. The maximum Gasteiger partial charge on any atom is 0.247 e. The smallest absolute Gasteiger partial charge is 0.247 e. The number of hydrogen-bond acceptors (Lipinski definition) is 5. The van der Waals surface area contributed by atoms with E-state index in [1.807, 2.05) is 55.5 Å². The summed E-state index contributed by atoms with van der Waals surface area (Å²) >= 11 is 3.38. The van der Waals surface area contributed by atoms with Crippen LogP contribution < -0.4 is 4.74 Å². The highest BCUT2D eigenvalue weighted by atomic mass is 79.9. The molecule has 28 heavy (non-hydrogen) atoms. The van der Waals surface area contributed by atoms with Crippen LogP contribution in [0.3, 0.4) is 0 Å². The van der Waals surface area contributed by atoms with Gasteiger partial charge < -0.3 is 14.1 Å². The molecule has 0 aliphatic carbocycles. The van der Waals surface area contributed by atoms with Gasteiger partial charge in [-0.2, -0.15) is 0 Å². The lowest BCUT2D eigenvalue weighted by Crippen LogP contribution is -2.31. The van der Waals surface area contributed by atoms with Crippen LogP contribution in [0.25, 0.3) is 11.5 Å². The lowest BCUT2D eigenvalue weighted by atomic mass is 10.1. The molecule has 1 heterocycles. The number of likely N-dealkylation sites (N-methyl/N-ethyl adjacent to an activating group) is 1. The number of carbonyl (C=O) groups is 1. The van der Waals surface area contributed by atoms with Gasteiger partial charge in [0.1, 0.15) is 12.4 Å². The highest BCUT2D eigenvalue weighted by Crippen LogP contribution is 2.19. The number of aromatic nitrogens is 2. The van der Waals surface area contributed by atoms with Gasteiger partial charge in [-0.1, -0.05) is 33.6 Å². The summed E-state index contributed by atoms with van der Waals surface area (Å²) < 4.78 is 12.3. The molecule has 0 atom stereocenters. The second-order valence-electron chi connectivity index (χ2n) is 6.48. The third-order valence-corrected chi connectivity index (χ3v) is 4.78. The van der Waals surface area contributed by atoms with Gasteiger partial charge in [0.15, 0.2) is 0 Å². The lowest BCUT2D eigenvalue weighted by molar-refractivity contribution is -0.130. The molecular formula is C21H22BrN3O3. The summed E-state index contributed by atoms with van der Waals surface area (Å²) in [5.41, 5.74) is 2.04. The summed E-state index contributed by atoms with van der Waals surface area (Å²) in [5.74, 6) is 1.72. The zero-order valence-electron chi connectivity index (χ0n) is 15.9. The van der Waals surface area contributed by atoms with Crippen molar-refractivity contribution in [1.29, 1.82) is 0 Å². The summed E-state index contributed by atoms with van der Waals surface area (Å²) in [5, 5.41) is 8.10. The van der Waals surface area contributed by atoms with Crippen molar-refractivity contribution in [2.45, 2.75) is 19.8 Å². The molecule has 0 aliphatic rings. The predicted octanol–water partition coefficient (Wildman–Crippen LogP) is 4.28. The molecule has 2 aromatic carbocycles. The first-order valence-corrected chi connectivity index (χ1v) is 9.82. The highest BCUT2D eigenvalue weighted by molar-refractivity contribution is 9.10. The van der Waals surface area contributed by atoms with Crippen LogP contribution in [0.4, 0.5) is 0 Å². The van der Waals surface area contributed by atoms with E-state index in [9.17, 15) is 4.79 Å². The third-order valence-electron chi connectivity index (χ3n) is 4.25. The Labute approximate surface area is 172 Å². The summed E-state index contributed by atoms with van der Waals surface area (Å²) in [4.78, 5) is 13.9. The zero-order chi connectivity index (χ0) is 19.9. The van der Waals surface area contributed by atoms with Crippen molar-refractivity contribution in [2.75, 3.05) is 20.2 Å². The molecule has 0 fully saturated rings. The lowest BCUT2D eigenvalue weighted by Gasteiger charge is -2.17. The molecule has 146 valence electrons. The summed E-state index contributed by atoms with van der Waals surface area (Å²) in [6.45, 7) is 2.96. The van der Waals surface area contributed by atoms with Gasteiger partial charge in [0.05, 0.1) is 6.54 Å². The molecule has 0 unspecified atom stereocenters. The second kappa shape index (κ2) is 9.50. The van der Waals surface area contributed by atoms with Crippen molar-refractivity contribution in [1.82, 2.24) is 15.1 Å². The number of amides is 1. The second-order valence-corrected chi connectivity index (χ2v) is 7.40. The fourth-order valence-electron chi connectivity index (χ4n) is 2.53. The molecule has 0 spiro atoms. The molecule has 3 aromatic rings. The summed E-state index contributed by atoms with van der Waals surface area (Å²) in [7, 11) is 1.76. The van der Waals surface area contributed by atoms with Gasteiger partial charge in [0, 0.05) is 29.9 Å². The van der Waals surface area contributed by atoms with E-state index < -0.39 is 0 Å². The molecule has 0 radical (unpaired) electrons. The highest BCUT2D eigenvalue weighted by Gasteiger charge is 2.13. The number of carbonyl (C=O) groups excluding carboxylic acids is 1. The van der Waals surface area contributed by atoms with Gasteiger partial charge in [0.2, 0.25) is 17.7 Å². The fourth-order valence-corrected chi connectivity index (χ4v) is 2.79. The predicted molar refractivity (Wildman–Crippen MR) is 110 cm³/mol. The summed E-state index contributed by atoms with van der Waals surface area (Å²) in [6.07, 6.45) is 0.722. The van der Waals surface area contributed by atoms with Crippen LogP contribution in [-0.4, -0.2) is 41.2 Å². The number of ether oxygens (including phenoxy) is 1. The van der Waals surface area contributed by atoms with E-state index in [0.717, 1.165) is 15.8 Å². The van der Waals surface area contributed by atoms with Crippen LogP contribution >= 0.6 is 15.9 Å². The first-order valence-electron chi connectivity index (χ1n) is 9.03. The van der Waals surface area contributed by atoms with Gasteiger partial charge in [-0.25, -0.2) is 0 Å². The molecule has 0 saturated heterocycles. The molecule has 7 heteroatoms. The molecule has 1 amide bonds. The minimum absolute atomic E-state index is 0.00879. The van der Waals surface area contributed by atoms with Gasteiger partial charge in [-0.05, 0) is 43.3 Å². The Morgan fingerprint density at radius 3 is 2.54 bits per heavy atom. The summed E-state index contributed by atoms with van der Waals surface area (Å²) in [6, 6.07) is 15.5. The van der Waals surface area contributed by atoms with E-state index in [1.54, 1.807) is 11.9 Å². The maximum atomic E-state index is 12.3. The Kier molecular flexibility index (Phi) is 6.81. The third kappa shape index (κ3) is 5.66. The minimum Gasteiger partial charge on any atom is -0.492 e. The van der Waals surface area contributed by atoms with E-state index in [2.05, 4.69) is 26.1 Å². The van der Waals surface area contributed by atoms with Crippen LogP contribution in [0.15, 0.2) is 57.4 Å². The number of rotatable bonds is 8. The Balaban J connectivity index is 1.43. The number of halogens is 1. The number of aryl methyl sites for hydroxylation is 2. The van der Waals surface area contributed by atoms with Gasteiger partial charge >= 0.3 is 0 Å². The average molecular weight is 444 g/mol. The van der Waals surface area contributed by atoms with Crippen LogP contribution in [0.1, 0.15) is 17.9 Å².